The summed E-state index contributed by atoms with van der Waals surface area (Å²) in [5.74, 6) is 0.474. The molecule has 1 aromatic heterocycles. The molecular formula is C20H21ClN3OS+. The van der Waals surface area contributed by atoms with Gasteiger partial charge in [-0.05, 0) is 43.2 Å². The number of benzene rings is 2. The number of thiazole rings is 1. The van der Waals surface area contributed by atoms with Gasteiger partial charge in [0.05, 0.1) is 29.2 Å². The van der Waals surface area contributed by atoms with E-state index in [-0.39, 0.29) is 5.91 Å². The maximum Gasteiger partial charge on any atom is 0.279 e. The van der Waals surface area contributed by atoms with Gasteiger partial charge in [-0.1, -0.05) is 29.8 Å². The monoisotopic (exact) mass is 386 g/mol. The molecule has 2 N–H and O–H groups in total. The molecule has 0 saturated carbocycles. The van der Waals surface area contributed by atoms with Crippen LogP contribution in [0.2, 0.25) is 5.02 Å². The highest BCUT2D eigenvalue weighted by Crippen LogP contribution is 2.30. The van der Waals surface area contributed by atoms with Crippen molar-refractivity contribution in [2.45, 2.75) is 18.8 Å². The van der Waals surface area contributed by atoms with Crippen LogP contribution in [0.15, 0.2) is 48.5 Å². The van der Waals surface area contributed by atoms with Gasteiger partial charge >= 0.3 is 0 Å². The first-order chi connectivity index (χ1) is 12.7. The fourth-order valence-electron chi connectivity index (χ4n) is 3.59. The first kappa shape index (κ1) is 17.5. The highest BCUT2D eigenvalue weighted by Gasteiger charge is 2.28. The Morgan fingerprint density at radius 2 is 2.15 bits per heavy atom. The van der Waals surface area contributed by atoms with Crippen molar-refractivity contribution in [2.24, 2.45) is 0 Å². The minimum absolute atomic E-state index is 0.0345. The lowest BCUT2D eigenvalue weighted by atomic mass is 9.99. The molecule has 26 heavy (non-hydrogen) atoms. The zero-order valence-electron chi connectivity index (χ0n) is 14.4. The van der Waals surface area contributed by atoms with Gasteiger partial charge in [-0.2, -0.15) is 0 Å². The maximum atomic E-state index is 12.4. The van der Waals surface area contributed by atoms with Gasteiger partial charge in [0.15, 0.2) is 6.54 Å². The van der Waals surface area contributed by atoms with Crippen molar-refractivity contribution >= 4 is 44.7 Å². The van der Waals surface area contributed by atoms with Crippen molar-refractivity contribution in [1.29, 1.82) is 0 Å². The molecule has 6 heteroatoms. The van der Waals surface area contributed by atoms with Crippen molar-refractivity contribution in [3.8, 4) is 0 Å². The number of likely N-dealkylation sites (tertiary alicyclic amines) is 1. The molecule has 4 nitrogen and oxygen atoms in total. The molecule has 0 spiro atoms. The largest absolute Gasteiger partial charge is 0.327 e. The van der Waals surface area contributed by atoms with Gasteiger partial charge in [-0.25, -0.2) is 4.98 Å². The summed E-state index contributed by atoms with van der Waals surface area (Å²) < 4.78 is 1.24. The van der Waals surface area contributed by atoms with Crippen LogP contribution in [0.1, 0.15) is 23.8 Å². The molecule has 2 heterocycles. The summed E-state index contributed by atoms with van der Waals surface area (Å²) in [4.78, 5) is 18.5. The maximum absolute atomic E-state index is 12.4. The predicted octanol–water partition coefficient (Wildman–Crippen LogP) is 3.35. The van der Waals surface area contributed by atoms with Gasteiger partial charge < -0.3 is 10.2 Å². The van der Waals surface area contributed by atoms with Gasteiger partial charge in [0.2, 0.25) is 0 Å². The second kappa shape index (κ2) is 7.74. The van der Waals surface area contributed by atoms with Gasteiger partial charge in [0.1, 0.15) is 5.01 Å². The zero-order chi connectivity index (χ0) is 17.9. The van der Waals surface area contributed by atoms with Gasteiger partial charge in [-0.15, -0.1) is 11.3 Å². The number of para-hydroxylation sites is 1. The van der Waals surface area contributed by atoms with Crippen LogP contribution in [-0.4, -0.2) is 30.5 Å². The molecule has 2 atom stereocenters. The first-order valence-corrected chi connectivity index (χ1v) is 10.1. The number of quaternary nitrogens is 1. The van der Waals surface area contributed by atoms with Crippen LogP contribution in [0, 0.1) is 0 Å². The number of amides is 1. The van der Waals surface area contributed by atoms with E-state index in [2.05, 4.69) is 23.5 Å². The van der Waals surface area contributed by atoms with E-state index in [4.69, 9.17) is 16.6 Å². The van der Waals surface area contributed by atoms with E-state index in [1.807, 2.05) is 18.2 Å². The third-order valence-electron chi connectivity index (χ3n) is 4.80. The summed E-state index contributed by atoms with van der Waals surface area (Å²) in [6.45, 7) is 2.47. The third-order valence-corrected chi connectivity index (χ3v) is 6.23. The lowest BCUT2D eigenvalue weighted by molar-refractivity contribution is -0.898. The minimum atomic E-state index is 0.0345. The molecule has 134 valence electrons. The molecule has 2 aromatic carbocycles. The number of aromatic nitrogens is 1. The van der Waals surface area contributed by atoms with Gasteiger partial charge in [0, 0.05) is 10.7 Å². The number of nitrogens with one attached hydrogen (secondary N) is 2. The van der Waals surface area contributed by atoms with E-state index in [1.54, 1.807) is 23.5 Å². The molecule has 0 radical (unpaired) electrons. The Hall–Kier alpha value is -1.95. The number of hydrogen-bond donors (Lipinski definition) is 2. The molecule has 1 aliphatic rings. The Labute approximate surface area is 161 Å². The number of carbonyl (C=O) groups excluding carboxylic acids is 1. The molecule has 1 saturated heterocycles. The Morgan fingerprint density at radius 1 is 1.27 bits per heavy atom. The number of hydrogen-bond acceptors (Lipinski definition) is 3. The Kier molecular flexibility index (Phi) is 5.20. The van der Waals surface area contributed by atoms with Gasteiger partial charge in [-0.3, -0.25) is 4.79 Å². The van der Waals surface area contributed by atoms with Crippen LogP contribution >= 0.6 is 22.9 Å². The standard InChI is InChI=1S/C20H20ClN3OS/c21-15-6-3-7-16(11-15)22-19(25)13-24-10-4-5-14(12-24)20-23-17-8-1-2-9-18(17)26-20/h1-3,6-9,11,14H,4-5,10,12-13H2,(H,22,25)/p+1/t14-/m0/s1. The van der Waals surface area contributed by atoms with Crippen molar-refractivity contribution in [2.75, 3.05) is 25.0 Å². The Bertz CT molecular complexity index is 893. The second-order valence-electron chi connectivity index (χ2n) is 6.80. The summed E-state index contributed by atoms with van der Waals surface area (Å²) >= 11 is 7.77. The summed E-state index contributed by atoms with van der Waals surface area (Å²) in [6.07, 6.45) is 2.28. The molecule has 4 rings (SSSR count). The van der Waals surface area contributed by atoms with Crippen LogP contribution in [0.5, 0.6) is 0 Å². The minimum Gasteiger partial charge on any atom is -0.327 e. The molecule has 1 aliphatic heterocycles. The number of piperidine rings is 1. The van der Waals surface area contributed by atoms with E-state index < -0.39 is 0 Å². The first-order valence-electron chi connectivity index (χ1n) is 8.92. The van der Waals surface area contributed by atoms with Crippen LogP contribution < -0.4 is 10.2 Å². The lowest BCUT2D eigenvalue weighted by Crippen LogP contribution is -3.14. The molecule has 0 bridgehead atoms. The van der Waals surface area contributed by atoms with Crippen LogP contribution in [-0.2, 0) is 4.79 Å². The van der Waals surface area contributed by atoms with Crippen molar-refractivity contribution in [3.05, 3.63) is 58.6 Å². The second-order valence-corrected chi connectivity index (χ2v) is 8.30. The van der Waals surface area contributed by atoms with E-state index >= 15 is 0 Å². The van der Waals surface area contributed by atoms with E-state index in [9.17, 15) is 4.79 Å². The van der Waals surface area contributed by atoms with Crippen LogP contribution in [0.4, 0.5) is 5.69 Å². The molecule has 3 aromatic rings. The molecule has 1 fully saturated rings. The van der Waals surface area contributed by atoms with Gasteiger partial charge in [0.25, 0.3) is 5.91 Å². The lowest BCUT2D eigenvalue weighted by Gasteiger charge is -2.28. The molecular weight excluding hydrogens is 366 g/mol. The molecule has 0 aliphatic carbocycles. The number of rotatable bonds is 4. The molecule has 1 amide bonds. The van der Waals surface area contributed by atoms with Crippen LogP contribution in [0.3, 0.4) is 0 Å². The SMILES string of the molecule is O=C(C[NH+]1CCC[C@H](c2nc3ccccc3s2)C1)Nc1cccc(Cl)c1. The van der Waals surface area contributed by atoms with Crippen molar-refractivity contribution in [3.63, 3.8) is 0 Å². The average molecular weight is 387 g/mol. The number of anilines is 1. The average Bonchev–Trinajstić information content (AvgIpc) is 3.06. The van der Waals surface area contributed by atoms with E-state index in [0.717, 1.165) is 37.1 Å². The summed E-state index contributed by atoms with van der Waals surface area (Å²) in [5.41, 5.74) is 1.83. The van der Waals surface area contributed by atoms with Crippen molar-refractivity contribution < 1.29 is 9.69 Å². The highest BCUT2D eigenvalue weighted by molar-refractivity contribution is 7.18. The normalized spacial score (nSPS) is 20.2. The number of fused-ring (bicyclic) bond motifs is 1. The smallest absolute Gasteiger partial charge is 0.279 e. The highest BCUT2D eigenvalue weighted by atomic mass is 35.5. The number of halogens is 1. The third kappa shape index (κ3) is 4.06. The molecule has 1 unspecified atom stereocenters. The Morgan fingerprint density at radius 3 is 3.00 bits per heavy atom. The number of nitrogens with zero attached hydrogens (tertiary/aromatic N) is 1. The fourth-order valence-corrected chi connectivity index (χ4v) is 4.88. The number of carbonyl (C=O) groups is 1. The summed E-state index contributed by atoms with van der Waals surface area (Å²) in [6, 6.07) is 15.6. The quantitative estimate of drug-likeness (QED) is 0.722. The Balaban J connectivity index is 1.39. The summed E-state index contributed by atoms with van der Waals surface area (Å²) in [5, 5.41) is 4.78. The van der Waals surface area contributed by atoms with E-state index in [0.29, 0.717) is 17.5 Å². The topological polar surface area (TPSA) is 46.4 Å². The van der Waals surface area contributed by atoms with Crippen molar-refractivity contribution in [1.82, 2.24) is 4.98 Å². The van der Waals surface area contributed by atoms with Crippen LogP contribution in [0.25, 0.3) is 10.2 Å². The van der Waals surface area contributed by atoms with E-state index in [1.165, 1.54) is 14.6 Å². The fraction of sp³-hybridized carbons (Fsp3) is 0.300. The zero-order valence-corrected chi connectivity index (χ0v) is 15.9. The summed E-state index contributed by atoms with van der Waals surface area (Å²) in [7, 11) is 0. The predicted molar refractivity (Wildman–Crippen MR) is 107 cm³/mol.